The van der Waals surface area contributed by atoms with Crippen LogP contribution in [0.15, 0.2) is 5.38 Å². The first-order valence-corrected chi connectivity index (χ1v) is 8.24. The molecule has 0 aromatic carbocycles. The Labute approximate surface area is 120 Å². The highest BCUT2D eigenvalue weighted by Crippen LogP contribution is 2.37. The summed E-state index contributed by atoms with van der Waals surface area (Å²) in [6.07, 6.45) is 2.56. The van der Waals surface area contributed by atoms with Crippen molar-refractivity contribution in [3.8, 4) is 0 Å². The van der Waals surface area contributed by atoms with E-state index in [1.807, 2.05) is 11.3 Å². The second-order valence-electron chi connectivity index (χ2n) is 7.24. The van der Waals surface area contributed by atoms with Crippen LogP contribution in [0.1, 0.15) is 44.3 Å². The fourth-order valence-electron chi connectivity index (χ4n) is 3.45. The lowest BCUT2D eigenvalue weighted by Gasteiger charge is -2.17. The molecule has 3 atom stereocenters. The van der Waals surface area contributed by atoms with Crippen molar-refractivity contribution in [2.24, 2.45) is 17.6 Å². The first-order chi connectivity index (χ1) is 8.93. The lowest BCUT2D eigenvalue weighted by molar-refractivity contribution is 0.297. The zero-order valence-corrected chi connectivity index (χ0v) is 13.0. The largest absolute Gasteiger partial charge is 0.327 e. The standard InChI is InChI=1S/C15H25N3S/c1-15(2,3)13-9-19-14(17-13)8-18-6-10-4-5-12(16)11(10)7-18/h9-12H,4-8,16H2,1-3H3. The number of rotatable bonds is 2. The van der Waals surface area contributed by atoms with Gasteiger partial charge in [0.2, 0.25) is 0 Å². The molecule has 3 rings (SSSR count). The van der Waals surface area contributed by atoms with E-state index in [2.05, 4.69) is 31.1 Å². The van der Waals surface area contributed by atoms with Gasteiger partial charge in [0.15, 0.2) is 0 Å². The average molecular weight is 279 g/mol. The Bertz CT molecular complexity index is 448. The van der Waals surface area contributed by atoms with Crippen LogP contribution in [0.4, 0.5) is 0 Å². The van der Waals surface area contributed by atoms with Gasteiger partial charge in [-0.25, -0.2) is 4.98 Å². The molecule has 1 saturated heterocycles. The van der Waals surface area contributed by atoms with Crippen LogP contribution < -0.4 is 5.73 Å². The van der Waals surface area contributed by atoms with E-state index < -0.39 is 0 Å². The predicted molar refractivity (Wildman–Crippen MR) is 80.3 cm³/mol. The van der Waals surface area contributed by atoms with Gasteiger partial charge in [-0.1, -0.05) is 20.8 Å². The van der Waals surface area contributed by atoms with Crippen LogP contribution in [0.25, 0.3) is 0 Å². The molecule has 1 saturated carbocycles. The molecule has 2 heterocycles. The molecule has 2 aliphatic rings. The maximum absolute atomic E-state index is 6.20. The van der Waals surface area contributed by atoms with E-state index in [0.717, 1.165) is 18.4 Å². The van der Waals surface area contributed by atoms with Gasteiger partial charge in [-0.05, 0) is 24.7 Å². The second kappa shape index (κ2) is 4.83. The van der Waals surface area contributed by atoms with Crippen LogP contribution in [0.5, 0.6) is 0 Å². The topological polar surface area (TPSA) is 42.1 Å². The molecule has 3 nitrogen and oxygen atoms in total. The fraction of sp³-hybridized carbons (Fsp3) is 0.800. The smallest absolute Gasteiger partial charge is 0.107 e. The van der Waals surface area contributed by atoms with E-state index in [0.29, 0.717) is 6.04 Å². The van der Waals surface area contributed by atoms with Gasteiger partial charge < -0.3 is 5.73 Å². The van der Waals surface area contributed by atoms with E-state index in [1.165, 1.54) is 36.6 Å². The predicted octanol–water partition coefficient (Wildman–Crippen LogP) is 2.61. The minimum Gasteiger partial charge on any atom is -0.327 e. The van der Waals surface area contributed by atoms with Crippen molar-refractivity contribution in [2.45, 2.75) is 51.6 Å². The highest BCUT2D eigenvalue weighted by molar-refractivity contribution is 7.09. The van der Waals surface area contributed by atoms with Gasteiger partial charge in [0, 0.05) is 29.9 Å². The molecule has 106 valence electrons. The van der Waals surface area contributed by atoms with E-state index in [-0.39, 0.29) is 5.41 Å². The lowest BCUT2D eigenvalue weighted by atomic mass is 9.93. The SMILES string of the molecule is CC(C)(C)c1csc(CN2CC3CCC(N)C3C2)n1. The van der Waals surface area contributed by atoms with Crippen molar-refractivity contribution in [1.82, 2.24) is 9.88 Å². The van der Waals surface area contributed by atoms with E-state index >= 15 is 0 Å². The van der Waals surface area contributed by atoms with Crippen molar-refractivity contribution in [3.05, 3.63) is 16.1 Å². The summed E-state index contributed by atoms with van der Waals surface area (Å²) >= 11 is 1.81. The molecular weight excluding hydrogens is 254 g/mol. The summed E-state index contributed by atoms with van der Waals surface area (Å²) in [7, 11) is 0. The highest BCUT2D eigenvalue weighted by atomic mass is 32.1. The van der Waals surface area contributed by atoms with Crippen LogP contribution in [-0.2, 0) is 12.0 Å². The molecule has 0 amide bonds. The monoisotopic (exact) mass is 279 g/mol. The second-order valence-corrected chi connectivity index (χ2v) is 8.18. The van der Waals surface area contributed by atoms with Crippen molar-refractivity contribution in [3.63, 3.8) is 0 Å². The molecule has 2 fully saturated rings. The van der Waals surface area contributed by atoms with E-state index in [4.69, 9.17) is 10.7 Å². The normalized spacial score (nSPS) is 31.9. The van der Waals surface area contributed by atoms with Gasteiger partial charge >= 0.3 is 0 Å². The summed E-state index contributed by atoms with van der Waals surface area (Å²) < 4.78 is 0. The fourth-order valence-corrected chi connectivity index (χ4v) is 4.51. The number of aromatic nitrogens is 1. The number of likely N-dealkylation sites (tertiary alicyclic amines) is 1. The summed E-state index contributed by atoms with van der Waals surface area (Å²) in [6, 6.07) is 0.441. The Balaban J connectivity index is 1.62. The maximum atomic E-state index is 6.20. The maximum Gasteiger partial charge on any atom is 0.107 e. The molecule has 1 aromatic heterocycles. The first-order valence-electron chi connectivity index (χ1n) is 7.36. The summed E-state index contributed by atoms with van der Waals surface area (Å²) in [6.45, 7) is 10.1. The lowest BCUT2D eigenvalue weighted by Crippen LogP contribution is -2.30. The van der Waals surface area contributed by atoms with Gasteiger partial charge in [0.05, 0.1) is 12.2 Å². The van der Waals surface area contributed by atoms with Crippen molar-refractivity contribution in [2.75, 3.05) is 13.1 Å². The van der Waals surface area contributed by atoms with Gasteiger partial charge in [0.25, 0.3) is 0 Å². The van der Waals surface area contributed by atoms with Crippen molar-refractivity contribution < 1.29 is 0 Å². The molecule has 0 bridgehead atoms. The first kappa shape index (κ1) is 13.5. The Kier molecular flexibility index (Phi) is 3.44. The highest BCUT2D eigenvalue weighted by Gasteiger charge is 2.40. The average Bonchev–Trinajstić information content (AvgIpc) is 2.97. The molecule has 4 heteroatoms. The van der Waals surface area contributed by atoms with Crippen molar-refractivity contribution >= 4 is 11.3 Å². The molecular formula is C15H25N3S. The molecule has 1 aliphatic heterocycles. The van der Waals surface area contributed by atoms with Crippen molar-refractivity contribution in [1.29, 1.82) is 0 Å². The van der Waals surface area contributed by atoms with Gasteiger partial charge in [-0.2, -0.15) is 0 Å². The quantitative estimate of drug-likeness (QED) is 0.905. The third-order valence-electron chi connectivity index (χ3n) is 4.67. The van der Waals surface area contributed by atoms with Crippen LogP contribution in [0.3, 0.4) is 0 Å². The zero-order chi connectivity index (χ0) is 13.6. The Morgan fingerprint density at radius 1 is 1.37 bits per heavy atom. The van der Waals surface area contributed by atoms with E-state index in [1.54, 1.807) is 0 Å². The third-order valence-corrected chi connectivity index (χ3v) is 5.50. The molecule has 0 spiro atoms. The Morgan fingerprint density at radius 3 is 2.79 bits per heavy atom. The van der Waals surface area contributed by atoms with Crippen LogP contribution >= 0.6 is 11.3 Å². The molecule has 0 radical (unpaired) electrons. The third kappa shape index (κ3) is 2.71. The minimum atomic E-state index is 0.165. The number of fused-ring (bicyclic) bond motifs is 1. The van der Waals surface area contributed by atoms with Crippen LogP contribution in [0.2, 0.25) is 0 Å². The summed E-state index contributed by atoms with van der Waals surface area (Å²) in [4.78, 5) is 7.36. The summed E-state index contributed by atoms with van der Waals surface area (Å²) in [5, 5.41) is 3.48. The minimum absolute atomic E-state index is 0.165. The number of thiazole rings is 1. The summed E-state index contributed by atoms with van der Waals surface area (Å²) in [5.41, 5.74) is 7.59. The molecule has 1 aliphatic carbocycles. The van der Waals surface area contributed by atoms with Gasteiger partial charge in [0.1, 0.15) is 5.01 Å². The van der Waals surface area contributed by atoms with Gasteiger partial charge in [-0.3, -0.25) is 4.90 Å². The molecule has 3 unspecified atom stereocenters. The molecule has 2 N–H and O–H groups in total. The van der Waals surface area contributed by atoms with Gasteiger partial charge in [-0.15, -0.1) is 11.3 Å². The van der Waals surface area contributed by atoms with Crippen LogP contribution in [0, 0.1) is 11.8 Å². The number of nitrogens with two attached hydrogens (primary N) is 1. The number of hydrogen-bond acceptors (Lipinski definition) is 4. The molecule has 19 heavy (non-hydrogen) atoms. The van der Waals surface area contributed by atoms with Crippen LogP contribution in [-0.4, -0.2) is 29.0 Å². The summed E-state index contributed by atoms with van der Waals surface area (Å²) in [5.74, 6) is 1.58. The zero-order valence-electron chi connectivity index (χ0n) is 12.2. The number of hydrogen-bond donors (Lipinski definition) is 1. The Hall–Kier alpha value is -0.450. The Morgan fingerprint density at radius 2 is 2.16 bits per heavy atom. The molecule has 1 aromatic rings. The van der Waals surface area contributed by atoms with E-state index in [9.17, 15) is 0 Å². The number of nitrogens with zero attached hydrogens (tertiary/aromatic N) is 2.